The summed E-state index contributed by atoms with van der Waals surface area (Å²) in [4.78, 5) is 20.6. The molecule has 1 aromatic carbocycles. The SMILES string of the molecule is O=C(Nc1cc(C(F)(F)F)ccn1)c1ccccc1-c1n[nH]c2ccncc12. The van der Waals surface area contributed by atoms with E-state index in [-0.39, 0.29) is 11.4 Å². The van der Waals surface area contributed by atoms with Crippen LogP contribution >= 0.6 is 0 Å². The molecule has 6 nitrogen and oxygen atoms in total. The van der Waals surface area contributed by atoms with Gasteiger partial charge >= 0.3 is 6.18 Å². The van der Waals surface area contributed by atoms with Gasteiger partial charge in [0.25, 0.3) is 5.91 Å². The Morgan fingerprint density at radius 3 is 2.71 bits per heavy atom. The molecule has 0 aliphatic carbocycles. The van der Waals surface area contributed by atoms with Crippen LogP contribution in [-0.2, 0) is 6.18 Å². The molecule has 2 N–H and O–H groups in total. The summed E-state index contributed by atoms with van der Waals surface area (Å²) >= 11 is 0. The van der Waals surface area contributed by atoms with Crippen molar-refractivity contribution >= 4 is 22.6 Å². The van der Waals surface area contributed by atoms with Gasteiger partial charge in [-0.05, 0) is 24.3 Å². The van der Waals surface area contributed by atoms with Crippen molar-refractivity contribution in [3.63, 3.8) is 0 Å². The minimum absolute atomic E-state index is 0.191. The maximum absolute atomic E-state index is 12.9. The number of fused-ring (bicyclic) bond motifs is 1. The van der Waals surface area contributed by atoms with Gasteiger partial charge in [-0.3, -0.25) is 14.9 Å². The summed E-state index contributed by atoms with van der Waals surface area (Å²) in [5.74, 6) is -0.786. The predicted molar refractivity (Wildman–Crippen MR) is 96.5 cm³/mol. The maximum Gasteiger partial charge on any atom is 0.416 e. The van der Waals surface area contributed by atoms with Crippen molar-refractivity contribution in [1.82, 2.24) is 20.2 Å². The van der Waals surface area contributed by atoms with Crippen LogP contribution in [0.5, 0.6) is 0 Å². The molecule has 0 atom stereocenters. The van der Waals surface area contributed by atoms with Crippen LogP contribution in [0.25, 0.3) is 22.2 Å². The van der Waals surface area contributed by atoms with Crippen LogP contribution in [0.3, 0.4) is 0 Å². The number of hydrogen-bond acceptors (Lipinski definition) is 4. The van der Waals surface area contributed by atoms with Crippen molar-refractivity contribution < 1.29 is 18.0 Å². The van der Waals surface area contributed by atoms with Crippen LogP contribution in [0.1, 0.15) is 15.9 Å². The van der Waals surface area contributed by atoms with E-state index in [2.05, 4.69) is 25.5 Å². The average molecular weight is 383 g/mol. The first-order valence-electron chi connectivity index (χ1n) is 8.15. The van der Waals surface area contributed by atoms with Crippen molar-refractivity contribution in [3.8, 4) is 11.3 Å². The number of benzene rings is 1. The summed E-state index contributed by atoms with van der Waals surface area (Å²) in [6.07, 6.45) is -0.294. The molecule has 0 saturated heterocycles. The topological polar surface area (TPSA) is 83.6 Å². The number of carbonyl (C=O) groups is 1. The Labute approximate surface area is 156 Å². The normalized spacial score (nSPS) is 11.5. The highest BCUT2D eigenvalue weighted by Crippen LogP contribution is 2.31. The van der Waals surface area contributed by atoms with Gasteiger partial charge in [0.2, 0.25) is 0 Å². The number of H-pyrrole nitrogens is 1. The van der Waals surface area contributed by atoms with Crippen LogP contribution in [0.4, 0.5) is 19.0 Å². The van der Waals surface area contributed by atoms with Crippen molar-refractivity contribution in [2.24, 2.45) is 0 Å². The Bertz CT molecular complexity index is 1170. The summed E-state index contributed by atoms with van der Waals surface area (Å²) in [6.45, 7) is 0. The molecular weight excluding hydrogens is 371 g/mol. The minimum atomic E-state index is -4.53. The Morgan fingerprint density at radius 1 is 1.07 bits per heavy atom. The van der Waals surface area contributed by atoms with Crippen molar-refractivity contribution in [1.29, 1.82) is 0 Å². The van der Waals surface area contributed by atoms with E-state index < -0.39 is 17.6 Å². The Morgan fingerprint density at radius 2 is 1.89 bits per heavy atom. The van der Waals surface area contributed by atoms with E-state index in [0.717, 1.165) is 29.2 Å². The monoisotopic (exact) mass is 383 g/mol. The zero-order valence-electron chi connectivity index (χ0n) is 14.2. The molecule has 0 bridgehead atoms. The highest BCUT2D eigenvalue weighted by atomic mass is 19.4. The van der Waals surface area contributed by atoms with E-state index in [1.807, 2.05) is 0 Å². The molecular formula is C19H12F3N5O. The van der Waals surface area contributed by atoms with Crippen LogP contribution in [-0.4, -0.2) is 26.1 Å². The summed E-state index contributed by atoms with van der Waals surface area (Å²) in [6, 6.07) is 10.0. The lowest BCUT2D eigenvalue weighted by atomic mass is 10.0. The number of pyridine rings is 2. The molecule has 1 amide bonds. The molecule has 0 radical (unpaired) electrons. The molecule has 3 aromatic heterocycles. The van der Waals surface area contributed by atoms with Gasteiger partial charge in [0.05, 0.1) is 11.1 Å². The lowest BCUT2D eigenvalue weighted by molar-refractivity contribution is -0.137. The molecule has 4 rings (SSSR count). The van der Waals surface area contributed by atoms with E-state index in [0.29, 0.717) is 11.3 Å². The number of aromatic amines is 1. The fourth-order valence-electron chi connectivity index (χ4n) is 2.81. The van der Waals surface area contributed by atoms with E-state index in [4.69, 9.17) is 0 Å². The van der Waals surface area contributed by atoms with Gasteiger partial charge in [-0.15, -0.1) is 0 Å². The second kappa shape index (κ2) is 6.76. The van der Waals surface area contributed by atoms with Crippen molar-refractivity contribution in [2.45, 2.75) is 6.18 Å². The van der Waals surface area contributed by atoms with Gasteiger partial charge in [0.1, 0.15) is 11.5 Å². The van der Waals surface area contributed by atoms with E-state index in [9.17, 15) is 18.0 Å². The van der Waals surface area contributed by atoms with E-state index in [1.54, 1.807) is 42.7 Å². The number of rotatable bonds is 3. The number of anilines is 1. The number of amides is 1. The molecule has 140 valence electrons. The summed E-state index contributed by atoms with van der Waals surface area (Å²) < 4.78 is 38.6. The Hall–Kier alpha value is -3.75. The molecule has 4 aromatic rings. The summed E-state index contributed by atoms with van der Waals surface area (Å²) in [5.41, 5.74) is 1.14. The lowest BCUT2D eigenvalue weighted by Gasteiger charge is -2.11. The maximum atomic E-state index is 12.9. The zero-order valence-corrected chi connectivity index (χ0v) is 14.2. The molecule has 0 fully saturated rings. The van der Waals surface area contributed by atoms with Gasteiger partial charge in [-0.2, -0.15) is 18.3 Å². The second-order valence-corrected chi connectivity index (χ2v) is 5.92. The first-order valence-corrected chi connectivity index (χ1v) is 8.15. The van der Waals surface area contributed by atoms with Gasteiger partial charge < -0.3 is 5.32 Å². The highest BCUT2D eigenvalue weighted by Gasteiger charge is 2.31. The third-order valence-corrected chi connectivity index (χ3v) is 4.12. The minimum Gasteiger partial charge on any atom is -0.307 e. The third kappa shape index (κ3) is 3.29. The molecule has 0 spiro atoms. The molecule has 0 aliphatic rings. The number of nitrogens with zero attached hydrogens (tertiary/aromatic N) is 3. The fraction of sp³-hybridized carbons (Fsp3) is 0.0526. The first-order chi connectivity index (χ1) is 13.4. The fourth-order valence-corrected chi connectivity index (χ4v) is 2.81. The van der Waals surface area contributed by atoms with E-state index >= 15 is 0 Å². The predicted octanol–water partition coefficient (Wildman–Crippen LogP) is 4.29. The van der Waals surface area contributed by atoms with Gasteiger partial charge in [-0.1, -0.05) is 18.2 Å². The smallest absolute Gasteiger partial charge is 0.307 e. The number of aromatic nitrogens is 4. The van der Waals surface area contributed by atoms with Crippen LogP contribution in [0.15, 0.2) is 61.1 Å². The van der Waals surface area contributed by atoms with Crippen molar-refractivity contribution in [3.05, 3.63) is 72.2 Å². The number of halogens is 3. The third-order valence-electron chi connectivity index (χ3n) is 4.12. The molecule has 3 heterocycles. The largest absolute Gasteiger partial charge is 0.416 e. The van der Waals surface area contributed by atoms with Gasteiger partial charge in [0, 0.05) is 35.1 Å². The molecule has 0 unspecified atom stereocenters. The first kappa shape index (κ1) is 17.7. The lowest BCUT2D eigenvalue weighted by Crippen LogP contribution is -2.15. The standard InChI is InChI=1S/C19H12F3N5O/c20-19(21,22)11-5-8-24-16(9-11)25-18(28)13-4-2-1-3-12(13)17-14-10-23-7-6-15(14)26-27-17/h1-10H,(H,26,27)(H,24,25,28). The van der Waals surface area contributed by atoms with E-state index in [1.165, 1.54) is 0 Å². The Kier molecular flexibility index (Phi) is 4.26. The quantitative estimate of drug-likeness (QED) is 0.553. The average Bonchev–Trinajstić information content (AvgIpc) is 3.11. The molecule has 0 aliphatic heterocycles. The molecule has 9 heteroatoms. The summed E-state index contributed by atoms with van der Waals surface area (Å²) in [5, 5.41) is 10.3. The van der Waals surface area contributed by atoms with Gasteiger partial charge in [-0.25, -0.2) is 4.98 Å². The number of carbonyl (C=O) groups excluding carboxylic acids is 1. The second-order valence-electron chi connectivity index (χ2n) is 5.92. The number of hydrogen-bond donors (Lipinski definition) is 2. The molecule has 28 heavy (non-hydrogen) atoms. The number of alkyl halides is 3. The zero-order chi connectivity index (χ0) is 19.7. The van der Waals surface area contributed by atoms with Crippen LogP contribution < -0.4 is 5.32 Å². The highest BCUT2D eigenvalue weighted by molar-refractivity contribution is 6.10. The molecule has 0 saturated carbocycles. The Balaban J connectivity index is 1.70. The summed E-state index contributed by atoms with van der Waals surface area (Å²) in [7, 11) is 0. The van der Waals surface area contributed by atoms with Crippen LogP contribution in [0, 0.1) is 0 Å². The van der Waals surface area contributed by atoms with Gasteiger partial charge in [0.15, 0.2) is 0 Å². The van der Waals surface area contributed by atoms with Crippen molar-refractivity contribution in [2.75, 3.05) is 5.32 Å². The van der Waals surface area contributed by atoms with Crippen LogP contribution in [0.2, 0.25) is 0 Å². The number of nitrogens with one attached hydrogen (secondary N) is 2.